The Morgan fingerprint density at radius 2 is 2.11 bits per heavy atom. The van der Waals surface area contributed by atoms with Gasteiger partial charge in [-0.15, -0.1) is 11.3 Å². The Morgan fingerprint density at radius 1 is 1.44 bits per heavy atom. The van der Waals surface area contributed by atoms with Gasteiger partial charge in [0, 0.05) is 17.3 Å². The van der Waals surface area contributed by atoms with Crippen LogP contribution in [0.4, 0.5) is 4.79 Å². The quantitative estimate of drug-likeness (QED) is 0.902. The van der Waals surface area contributed by atoms with E-state index in [0.29, 0.717) is 5.92 Å². The van der Waals surface area contributed by atoms with Crippen LogP contribution in [0.1, 0.15) is 39.5 Å². The van der Waals surface area contributed by atoms with Crippen molar-refractivity contribution in [1.29, 1.82) is 0 Å². The van der Waals surface area contributed by atoms with E-state index < -0.39 is 5.60 Å². The minimum Gasteiger partial charge on any atom is -0.444 e. The number of ether oxygens (including phenoxy) is 1. The topological polar surface area (TPSA) is 38.3 Å². The van der Waals surface area contributed by atoms with Crippen LogP contribution in [-0.2, 0) is 11.2 Å². The first kappa shape index (κ1) is 15.0. The lowest BCUT2D eigenvalue weighted by molar-refractivity contribution is 0.0490. The van der Waals surface area contributed by atoms with Crippen molar-refractivity contribution in [3.8, 4) is 0 Å². The molecule has 0 radical (unpaired) electrons. The van der Waals surface area contributed by atoms with E-state index in [1.54, 1.807) is 11.3 Å². The Hall–Kier alpha value is -1.03. The van der Waals surface area contributed by atoms with Crippen molar-refractivity contribution in [3.63, 3.8) is 0 Å². The fraction of sp³-hybridized carbons (Fsp3) is 0.643. The summed E-state index contributed by atoms with van der Waals surface area (Å²) in [6.45, 7) is 9.83. The van der Waals surface area contributed by atoms with Gasteiger partial charge in [0.15, 0.2) is 0 Å². The molecule has 0 fully saturated rings. The molecule has 1 aromatic heterocycles. The molecule has 1 aromatic rings. The molecule has 0 saturated carbocycles. The summed E-state index contributed by atoms with van der Waals surface area (Å²) in [6, 6.07) is 4.24. The molecule has 18 heavy (non-hydrogen) atoms. The van der Waals surface area contributed by atoms with Crippen LogP contribution >= 0.6 is 11.3 Å². The van der Waals surface area contributed by atoms with E-state index in [1.807, 2.05) is 26.8 Å². The van der Waals surface area contributed by atoms with Crippen LogP contribution < -0.4 is 5.32 Å². The third-order valence-electron chi connectivity index (χ3n) is 2.51. The average molecular weight is 269 g/mol. The van der Waals surface area contributed by atoms with Crippen molar-refractivity contribution in [1.82, 2.24) is 5.32 Å². The number of amides is 1. The summed E-state index contributed by atoms with van der Waals surface area (Å²) in [7, 11) is 0. The first-order chi connectivity index (χ1) is 8.28. The number of thiophene rings is 1. The zero-order valence-electron chi connectivity index (χ0n) is 11.8. The van der Waals surface area contributed by atoms with E-state index >= 15 is 0 Å². The first-order valence-electron chi connectivity index (χ1n) is 6.30. The second-order valence-corrected chi connectivity index (χ2v) is 6.81. The van der Waals surface area contributed by atoms with Crippen molar-refractivity contribution >= 4 is 17.4 Å². The molecule has 0 aliphatic heterocycles. The van der Waals surface area contributed by atoms with E-state index in [0.717, 1.165) is 6.42 Å². The number of carbonyl (C=O) groups excluding carboxylic acids is 1. The molecule has 0 spiro atoms. The zero-order chi connectivity index (χ0) is 13.8. The third kappa shape index (κ3) is 5.54. The maximum atomic E-state index is 11.8. The highest BCUT2D eigenvalue weighted by molar-refractivity contribution is 7.09. The molecular weight excluding hydrogens is 246 g/mol. The second kappa shape index (κ2) is 6.23. The number of hydrogen-bond acceptors (Lipinski definition) is 3. The fourth-order valence-electron chi connectivity index (χ4n) is 1.56. The number of carbonyl (C=O) groups is 1. The predicted octanol–water partition coefficient (Wildman–Crippen LogP) is 3.84. The number of nitrogens with one attached hydrogen (secondary N) is 1. The van der Waals surface area contributed by atoms with Crippen LogP contribution in [0.15, 0.2) is 17.5 Å². The predicted molar refractivity (Wildman–Crippen MR) is 76.0 cm³/mol. The van der Waals surface area contributed by atoms with Gasteiger partial charge in [0.2, 0.25) is 0 Å². The fourth-order valence-corrected chi connectivity index (χ4v) is 2.32. The van der Waals surface area contributed by atoms with Gasteiger partial charge in [0.25, 0.3) is 0 Å². The number of alkyl carbamates (subject to hydrolysis) is 1. The van der Waals surface area contributed by atoms with Crippen molar-refractivity contribution in [2.75, 3.05) is 0 Å². The SMILES string of the molecule is CC(C)[C@H](Cc1cccs1)NC(=O)OC(C)(C)C. The smallest absolute Gasteiger partial charge is 0.407 e. The standard InChI is InChI=1S/C14H23NO2S/c1-10(2)12(9-11-7-6-8-18-11)15-13(16)17-14(3,4)5/h6-8,10,12H,9H2,1-5H3,(H,15,16)/t12-/m0/s1. The van der Waals surface area contributed by atoms with Gasteiger partial charge in [-0.05, 0) is 38.1 Å². The van der Waals surface area contributed by atoms with Crippen molar-refractivity contribution < 1.29 is 9.53 Å². The zero-order valence-corrected chi connectivity index (χ0v) is 12.6. The van der Waals surface area contributed by atoms with Crippen molar-refractivity contribution in [2.24, 2.45) is 5.92 Å². The van der Waals surface area contributed by atoms with E-state index in [-0.39, 0.29) is 12.1 Å². The average Bonchev–Trinajstić information content (AvgIpc) is 2.66. The van der Waals surface area contributed by atoms with E-state index in [9.17, 15) is 4.79 Å². The largest absolute Gasteiger partial charge is 0.444 e. The van der Waals surface area contributed by atoms with Gasteiger partial charge < -0.3 is 10.1 Å². The molecule has 1 N–H and O–H groups in total. The summed E-state index contributed by atoms with van der Waals surface area (Å²) in [4.78, 5) is 13.1. The Kier molecular flexibility index (Phi) is 5.20. The van der Waals surface area contributed by atoms with Crippen LogP contribution in [0.2, 0.25) is 0 Å². The first-order valence-corrected chi connectivity index (χ1v) is 7.18. The summed E-state index contributed by atoms with van der Waals surface area (Å²) in [6.07, 6.45) is 0.520. The van der Waals surface area contributed by atoms with Gasteiger partial charge in [0.1, 0.15) is 5.60 Å². The normalized spacial score (nSPS) is 13.4. The third-order valence-corrected chi connectivity index (χ3v) is 3.41. The molecule has 4 heteroatoms. The Balaban J connectivity index is 2.55. The minimum absolute atomic E-state index is 0.110. The van der Waals surface area contributed by atoms with E-state index in [2.05, 4.69) is 30.6 Å². The van der Waals surface area contributed by atoms with E-state index in [1.165, 1.54) is 4.88 Å². The Bertz CT molecular complexity index is 366. The van der Waals surface area contributed by atoms with Gasteiger partial charge in [-0.25, -0.2) is 4.79 Å². The Morgan fingerprint density at radius 3 is 2.56 bits per heavy atom. The van der Waals surface area contributed by atoms with Crippen LogP contribution in [0.5, 0.6) is 0 Å². The van der Waals surface area contributed by atoms with Crippen molar-refractivity contribution in [3.05, 3.63) is 22.4 Å². The lowest BCUT2D eigenvalue weighted by Crippen LogP contribution is -2.42. The highest BCUT2D eigenvalue weighted by Gasteiger charge is 2.21. The Labute approximate surface area is 114 Å². The summed E-state index contributed by atoms with van der Waals surface area (Å²) in [5.41, 5.74) is -0.450. The molecule has 3 nitrogen and oxygen atoms in total. The molecule has 1 heterocycles. The number of hydrogen-bond donors (Lipinski definition) is 1. The van der Waals surface area contributed by atoms with Gasteiger partial charge in [-0.2, -0.15) is 0 Å². The maximum Gasteiger partial charge on any atom is 0.407 e. The molecule has 0 aromatic carbocycles. The van der Waals surface area contributed by atoms with Crippen LogP contribution in [0.3, 0.4) is 0 Å². The highest BCUT2D eigenvalue weighted by Crippen LogP contribution is 2.16. The summed E-state index contributed by atoms with van der Waals surface area (Å²) >= 11 is 1.72. The van der Waals surface area contributed by atoms with Crippen LogP contribution in [-0.4, -0.2) is 17.7 Å². The molecule has 0 aliphatic carbocycles. The highest BCUT2D eigenvalue weighted by atomic mass is 32.1. The molecule has 0 aliphatic rings. The van der Waals surface area contributed by atoms with Gasteiger partial charge >= 0.3 is 6.09 Å². The molecule has 0 bridgehead atoms. The lowest BCUT2D eigenvalue weighted by atomic mass is 10.0. The summed E-state index contributed by atoms with van der Waals surface area (Å²) < 4.78 is 5.29. The van der Waals surface area contributed by atoms with Crippen LogP contribution in [0, 0.1) is 5.92 Å². The monoisotopic (exact) mass is 269 g/mol. The summed E-state index contributed by atoms with van der Waals surface area (Å²) in [5.74, 6) is 0.375. The van der Waals surface area contributed by atoms with Gasteiger partial charge in [0.05, 0.1) is 0 Å². The molecule has 1 atom stereocenters. The lowest BCUT2D eigenvalue weighted by Gasteiger charge is -2.25. The van der Waals surface area contributed by atoms with Crippen molar-refractivity contribution in [2.45, 2.75) is 52.7 Å². The molecule has 0 unspecified atom stereocenters. The molecule has 1 rings (SSSR count). The van der Waals surface area contributed by atoms with Crippen LogP contribution in [0.25, 0.3) is 0 Å². The molecule has 0 saturated heterocycles. The maximum absolute atomic E-state index is 11.8. The second-order valence-electron chi connectivity index (χ2n) is 5.78. The molecular formula is C14H23NO2S. The number of rotatable bonds is 4. The minimum atomic E-state index is -0.450. The van der Waals surface area contributed by atoms with E-state index in [4.69, 9.17) is 4.74 Å². The molecule has 102 valence electrons. The van der Waals surface area contributed by atoms with Gasteiger partial charge in [-0.1, -0.05) is 19.9 Å². The molecule has 1 amide bonds. The summed E-state index contributed by atoms with van der Waals surface area (Å²) in [5, 5.41) is 5.01. The van der Waals surface area contributed by atoms with Gasteiger partial charge in [-0.3, -0.25) is 0 Å².